The van der Waals surface area contributed by atoms with Crippen molar-refractivity contribution in [3.63, 3.8) is 0 Å². The van der Waals surface area contributed by atoms with Crippen LogP contribution in [0.25, 0.3) is 39.4 Å². The number of benzene rings is 2. The predicted octanol–water partition coefficient (Wildman–Crippen LogP) is 4.00. The smallest absolute Gasteiger partial charge is 0.236 e. The first-order chi connectivity index (χ1) is 14.3. The van der Waals surface area contributed by atoms with E-state index in [1.165, 1.54) is 0 Å². The minimum absolute atomic E-state index is 0.512. The summed E-state index contributed by atoms with van der Waals surface area (Å²) < 4.78 is 1.77. The fourth-order valence-corrected chi connectivity index (χ4v) is 3.31. The third-order valence-electron chi connectivity index (χ3n) is 4.84. The van der Waals surface area contributed by atoms with Gasteiger partial charge in [-0.25, -0.2) is 15.0 Å². The number of pyridine rings is 1. The fraction of sp³-hybridized carbons (Fsp3) is 0.0435. The molecule has 0 aliphatic carbocycles. The van der Waals surface area contributed by atoms with E-state index in [9.17, 15) is 0 Å². The molecule has 3 aromatic heterocycles. The fourth-order valence-electron chi connectivity index (χ4n) is 3.31. The van der Waals surface area contributed by atoms with Gasteiger partial charge in [-0.2, -0.15) is 4.98 Å². The molecule has 0 spiro atoms. The number of nitrogens with zero attached hydrogens (tertiary/aromatic N) is 5. The Balaban J connectivity index is 1.73. The minimum Gasteiger partial charge on any atom is -0.326 e. The lowest BCUT2D eigenvalue weighted by Crippen LogP contribution is -2.01. The van der Waals surface area contributed by atoms with Crippen LogP contribution in [0.1, 0.15) is 5.56 Å². The molecule has 0 fully saturated rings. The van der Waals surface area contributed by atoms with Crippen molar-refractivity contribution < 1.29 is 0 Å². The van der Waals surface area contributed by atoms with Gasteiger partial charge in [0.05, 0.1) is 5.69 Å². The maximum absolute atomic E-state index is 5.76. The highest BCUT2D eigenvalue weighted by atomic mass is 15.2. The lowest BCUT2D eigenvalue weighted by atomic mass is 9.98. The van der Waals surface area contributed by atoms with E-state index in [0.29, 0.717) is 18.1 Å². The second kappa shape index (κ2) is 7.26. The van der Waals surface area contributed by atoms with Crippen molar-refractivity contribution in [2.75, 3.05) is 0 Å². The Hall–Kier alpha value is -3.90. The van der Waals surface area contributed by atoms with E-state index < -0.39 is 0 Å². The molecule has 0 aliphatic rings. The van der Waals surface area contributed by atoms with Crippen LogP contribution in [-0.4, -0.2) is 24.5 Å². The first kappa shape index (κ1) is 17.2. The van der Waals surface area contributed by atoms with Gasteiger partial charge in [0, 0.05) is 41.6 Å². The molecule has 5 rings (SSSR count). The summed E-state index contributed by atoms with van der Waals surface area (Å²) >= 11 is 0. The van der Waals surface area contributed by atoms with Crippen LogP contribution in [0, 0.1) is 0 Å². The Morgan fingerprint density at radius 3 is 2.45 bits per heavy atom. The molecule has 6 heteroatoms. The largest absolute Gasteiger partial charge is 0.326 e. The van der Waals surface area contributed by atoms with E-state index in [2.05, 4.69) is 45.3 Å². The van der Waals surface area contributed by atoms with E-state index in [4.69, 9.17) is 10.7 Å². The second-order valence-corrected chi connectivity index (χ2v) is 6.70. The summed E-state index contributed by atoms with van der Waals surface area (Å²) in [5, 5.41) is 0.884. The molecular weight excluding hydrogens is 360 g/mol. The quantitative estimate of drug-likeness (QED) is 0.511. The van der Waals surface area contributed by atoms with Gasteiger partial charge in [0.15, 0.2) is 5.65 Å². The lowest BCUT2D eigenvalue weighted by molar-refractivity contribution is 0.936. The molecule has 0 radical (unpaired) electrons. The summed E-state index contributed by atoms with van der Waals surface area (Å²) in [5.41, 5.74) is 11.5. The molecule has 0 saturated heterocycles. The van der Waals surface area contributed by atoms with Crippen molar-refractivity contribution in [1.82, 2.24) is 24.5 Å². The zero-order chi connectivity index (χ0) is 19.6. The van der Waals surface area contributed by atoms with Crippen LogP contribution < -0.4 is 5.73 Å². The van der Waals surface area contributed by atoms with E-state index >= 15 is 0 Å². The third-order valence-corrected chi connectivity index (χ3v) is 4.84. The summed E-state index contributed by atoms with van der Waals surface area (Å²) in [5.74, 6) is 0.541. The minimum atomic E-state index is 0.512. The summed E-state index contributed by atoms with van der Waals surface area (Å²) in [7, 11) is 0. The number of aromatic nitrogens is 5. The number of hydrogen-bond acceptors (Lipinski definition) is 5. The maximum Gasteiger partial charge on any atom is 0.236 e. The van der Waals surface area contributed by atoms with E-state index in [-0.39, 0.29) is 0 Å². The SMILES string of the molecule is NCc1ccc(-c2nc3nc(-n4ccnc4)ncc3cc2-c2ccccc2)cc1. The highest BCUT2D eigenvalue weighted by Crippen LogP contribution is 2.33. The molecule has 6 nitrogen and oxygen atoms in total. The van der Waals surface area contributed by atoms with E-state index in [1.807, 2.05) is 36.5 Å². The Kier molecular flexibility index (Phi) is 4.31. The van der Waals surface area contributed by atoms with Crippen molar-refractivity contribution >= 4 is 11.0 Å². The standard InChI is InChI=1S/C23H18N6/c24-13-16-6-8-18(9-7-16)21-20(17-4-2-1-3-5-17)12-19-14-26-23(28-22(19)27-21)29-11-10-25-15-29/h1-12,14-15H,13,24H2. The van der Waals surface area contributed by atoms with Crippen molar-refractivity contribution in [3.05, 3.63) is 91.1 Å². The molecule has 0 atom stereocenters. The summed E-state index contributed by atoms with van der Waals surface area (Å²) in [6.07, 6.45) is 6.99. The molecule has 0 bridgehead atoms. The highest BCUT2D eigenvalue weighted by molar-refractivity contribution is 5.90. The molecule has 0 unspecified atom stereocenters. The van der Waals surface area contributed by atoms with Crippen molar-refractivity contribution in [1.29, 1.82) is 0 Å². The lowest BCUT2D eigenvalue weighted by Gasteiger charge is -2.12. The zero-order valence-electron chi connectivity index (χ0n) is 15.6. The summed E-state index contributed by atoms with van der Waals surface area (Å²) in [6, 6.07) is 20.5. The maximum atomic E-state index is 5.76. The van der Waals surface area contributed by atoms with Gasteiger partial charge in [-0.05, 0) is 17.2 Å². The molecule has 0 saturated carbocycles. The van der Waals surface area contributed by atoms with Gasteiger partial charge in [0.2, 0.25) is 5.95 Å². The molecule has 0 aliphatic heterocycles. The van der Waals surface area contributed by atoms with Crippen LogP contribution in [0.2, 0.25) is 0 Å². The Morgan fingerprint density at radius 1 is 0.897 bits per heavy atom. The van der Waals surface area contributed by atoms with Crippen molar-refractivity contribution in [2.45, 2.75) is 6.54 Å². The van der Waals surface area contributed by atoms with Gasteiger partial charge in [-0.1, -0.05) is 54.6 Å². The van der Waals surface area contributed by atoms with Gasteiger partial charge in [0.25, 0.3) is 0 Å². The number of nitrogens with two attached hydrogens (primary N) is 1. The molecule has 29 heavy (non-hydrogen) atoms. The molecule has 2 N–H and O–H groups in total. The number of rotatable bonds is 4. The molecule has 0 amide bonds. The molecular formula is C23H18N6. The number of fused-ring (bicyclic) bond motifs is 1. The van der Waals surface area contributed by atoms with Gasteiger partial charge in [0.1, 0.15) is 6.33 Å². The summed E-state index contributed by atoms with van der Waals surface area (Å²) in [4.78, 5) is 18.1. The molecule has 3 heterocycles. The van der Waals surface area contributed by atoms with Crippen LogP contribution in [-0.2, 0) is 6.54 Å². The average molecular weight is 378 g/mol. The molecule has 5 aromatic rings. The average Bonchev–Trinajstić information content (AvgIpc) is 3.33. The highest BCUT2D eigenvalue weighted by Gasteiger charge is 2.13. The Labute approximate surface area is 167 Å². The first-order valence-corrected chi connectivity index (χ1v) is 9.33. The van der Waals surface area contributed by atoms with E-state index in [1.54, 1.807) is 23.3 Å². The van der Waals surface area contributed by atoms with Gasteiger partial charge >= 0.3 is 0 Å². The van der Waals surface area contributed by atoms with Crippen molar-refractivity contribution in [2.24, 2.45) is 5.73 Å². The second-order valence-electron chi connectivity index (χ2n) is 6.70. The van der Waals surface area contributed by atoms with Crippen LogP contribution in [0.5, 0.6) is 0 Å². The van der Waals surface area contributed by atoms with Crippen LogP contribution in [0.4, 0.5) is 0 Å². The van der Waals surface area contributed by atoms with Crippen LogP contribution in [0.3, 0.4) is 0 Å². The number of imidazole rings is 1. The topological polar surface area (TPSA) is 82.5 Å². The van der Waals surface area contributed by atoms with Gasteiger partial charge < -0.3 is 5.73 Å². The summed E-state index contributed by atoms with van der Waals surface area (Å²) in [6.45, 7) is 0.512. The third kappa shape index (κ3) is 3.26. The number of hydrogen-bond donors (Lipinski definition) is 1. The molecule has 2 aromatic carbocycles. The first-order valence-electron chi connectivity index (χ1n) is 9.33. The van der Waals surface area contributed by atoms with Gasteiger partial charge in [-0.15, -0.1) is 0 Å². The Bertz CT molecular complexity index is 1260. The predicted molar refractivity (Wildman–Crippen MR) is 113 cm³/mol. The molecule has 140 valence electrons. The Morgan fingerprint density at radius 2 is 1.72 bits per heavy atom. The van der Waals surface area contributed by atoms with Crippen LogP contribution in [0.15, 0.2) is 85.6 Å². The van der Waals surface area contributed by atoms with E-state index in [0.717, 1.165) is 33.3 Å². The van der Waals surface area contributed by atoms with Crippen LogP contribution >= 0.6 is 0 Å². The zero-order valence-corrected chi connectivity index (χ0v) is 15.6. The van der Waals surface area contributed by atoms with Gasteiger partial charge in [-0.3, -0.25) is 4.57 Å². The van der Waals surface area contributed by atoms with Crippen molar-refractivity contribution in [3.8, 4) is 28.3 Å². The normalized spacial score (nSPS) is 11.1. The monoisotopic (exact) mass is 378 g/mol.